The normalized spacial score (nSPS) is 13.1. The van der Waals surface area contributed by atoms with Gasteiger partial charge < -0.3 is 20.6 Å². The van der Waals surface area contributed by atoms with E-state index in [0.717, 1.165) is 32.1 Å². The standard InChI is InChI=1S/C63H127NO4/c1-3-5-7-9-11-13-15-17-19-21-23-25-27-29-30-31-32-34-36-38-40-42-44-46-48-50-52-54-56-58-62(67)63(68)64-60(59-65)61(66)57-55-53-51-49-47-45-43-41-39-37-35-33-28-26-24-22-20-18-16-14-12-10-8-6-4-2/h60-62,65-67H,3-59H2,1-2H3,(H,64,68). The molecule has 1 amide bonds. The number of hydrogen-bond donors (Lipinski definition) is 4. The van der Waals surface area contributed by atoms with Gasteiger partial charge in [0, 0.05) is 0 Å². The Kier molecular flexibility index (Phi) is 58.4. The maximum Gasteiger partial charge on any atom is 0.249 e. The molecule has 0 bridgehead atoms. The number of unbranched alkanes of at least 4 members (excludes halogenated alkanes) is 52. The second-order valence-electron chi connectivity index (χ2n) is 22.3. The number of carbonyl (C=O) groups excluding carboxylic acids is 1. The Hall–Kier alpha value is -0.650. The fourth-order valence-corrected chi connectivity index (χ4v) is 10.6. The van der Waals surface area contributed by atoms with Gasteiger partial charge in [0.1, 0.15) is 6.10 Å². The maximum absolute atomic E-state index is 12.6. The van der Waals surface area contributed by atoms with Crippen molar-refractivity contribution in [2.24, 2.45) is 0 Å². The first-order valence-electron chi connectivity index (χ1n) is 31.8. The van der Waals surface area contributed by atoms with Gasteiger partial charge in [0.05, 0.1) is 18.8 Å². The van der Waals surface area contributed by atoms with Crippen LogP contribution < -0.4 is 5.32 Å². The molecule has 0 aliphatic rings. The summed E-state index contributed by atoms with van der Waals surface area (Å²) in [4.78, 5) is 12.6. The lowest BCUT2D eigenvalue weighted by molar-refractivity contribution is -0.131. The molecule has 5 nitrogen and oxygen atoms in total. The van der Waals surface area contributed by atoms with Crippen LogP contribution in [0, 0.1) is 0 Å². The van der Waals surface area contributed by atoms with E-state index in [1.165, 1.54) is 315 Å². The van der Waals surface area contributed by atoms with Crippen LogP contribution in [0.25, 0.3) is 0 Å². The molecule has 0 saturated heterocycles. The quantitative estimate of drug-likeness (QED) is 0.0457. The van der Waals surface area contributed by atoms with E-state index in [1.54, 1.807) is 0 Å². The Morgan fingerprint density at radius 3 is 0.662 bits per heavy atom. The van der Waals surface area contributed by atoms with Crippen LogP contribution in [0.1, 0.15) is 373 Å². The molecule has 0 rings (SSSR count). The van der Waals surface area contributed by atoms with Gasteiger partial charge in [-0.15, -0.1) is 0 Å². The Labute approximate surface area is 427 Å². The third-order valence-electron chi connectivity index (χ3n) is 15.5. The molecule has 0 aromatic rings. The van der Waals surface area contributed by atoms with E-state index in [1.807, 2.05) is 0 Å². The van der Waals surface area contributed by atoms with Crippen LogP contribution in [0.2, 0.25) is 0 Å². The lowest BCUT2D eigenvalue weighted by Gasteiger charge is -2.23. The van der Waals surface area contributed by atoms with Gasteiger partial charge in [-0.3, -0.25) is 4.79 Å². The summed E-state index contributed by atoms with van der Waals surface area (Å²) >= 11 is 0. The van der Waals surface area contributed by atoms with Crippen LogP contribution in [0.4, 0.5) is 0 Å². The lowest BCUT2D eigenvalue weighted by atomic mass is 10.0. The molecule has 68 heavy (non-hydrogen) atoms. The topological polar surface area (TPSA) is 89.8 Å². The largest absolute Gasteiger partial charge is 0.394 e. The van der Waals surface area contributed by atoms with Crippen molar-refractivity contribution in [1.82, 2.24) is 5.32 Å². The molecule has 0 spiro atoms. The number of nitrogens with one attached hydrogen (secondary N) is 1. The monoisotopic (exact) mass is 962 g/mol. The Bertz CT molecular complexity index is 929. The van der Waals surface area contributed by atoms with Crippen molar-refractivity contribution in [1.29, 1.82) is 0 Å². The van der Waals surface area contributed by atoms with Crippen molar-refractivity contribution >= 4 is 5.91 Å². The number of aliphatic hydroxyl groups excluding tert-OH is 3. The molecule has 0 aliphatic heterocycles. The molecule has 0 fully saturated rings. The van der Waals surface area contributed by atoms with Crippen molar-refractivity contribution < 1.29 is 20.1 Å². The molecule has 4 N–H and O–H groups in total. The molecule has 0 heterocycles. The summed E-state index contributed by atoms with van der Waals surface area (Å²) in [6, 6.07) is -0.708. The highest BCUT2D eigenvalue weighted by atomic mass is 16.3. The van der Waals surface area contributed by atoms with Gasteiger partial charge in [0.25, 0.3) is 0 Å². The van der Waals surface area contributed by atoms with Gasteiger partial charge >= 0.3 is 0 Å². The van der Waals surface area contributed by atoms with Gasteiger partial charge in [-0.1, -0.05) is 361 Å². The smallest absolute Gasteiger partial charge is 0.249 e. The molecule has 0 radical (unpaired) electrons. The number of hydrogen-bond acceptors (Lipinski definition) is 4. The molecular weight excluding hydrogens is 835 g/mol. The van der Waals surface area contributed by atoms with E-state index in [4.69, 9.17) is 0 Å². The first-order chi connectivity index (χ1) is 33.6. The van der Waals surface area contributed by atoms with Crippen molar-refractivity contribution in [3.63, 3.8) is 0 Å². The van der Waals surface area contributed by atoms with Crippen molar-refractivity contribution in [2.45, 2.75) is 392 Å². The predicted octanol–water partition coefficient (Wildman–Crippen LogP) is 20.1. The van der Waals surface area contributed by atoms with Gasteiger partial charge in [-0.2, -0.15) is 0 Å². The zero-order valence-electron chi connectivity index (χ0n) is 46.8. The van der Waals surface area contributed by atoms with Crippen LogP contribution >= 0.6 is 0 Å². The summed E-state index contributed by atoms with van der Waals surface area (Å²) in [5.74, 6) is -0.460. The molecule has 3 unspecified atom stereocenters. The Morgan fingerprint density at radius 1 is 0.294 bits per heavy atom. The van der Waals surface area contributed by atoms with Gasteiger partial charge in [-0.05, 0) is 12.8 Å². The summed E-state index contributed by atoms with van der Waals surface area (Å²) in [6.07, 6.45) is 73.3. The number of carbonyl (C=O) groups is 1. The minimum atomic E-state index is -1.07. The van der Waals surface area contributed by atoms with Crippen LogP contribution in [0.5, 0.6) is 0 Å². The van der Waals surface area contributed by atoms with Gasteiger partial charge in [0.15, 0.2) is 0 Å². The van der Waals surface area contributed by atoms with Crippen LogP contribution in [0.3, 0.4) is 0 Å². The fraction of sp³-hybridized carbons (Fsp3) is 0.984. The van der Waals surface area contributed by atoms with Gasteiger partial charge in [0.2, 0.25) is 5.91 Å². The summed E-state index contributed by atoms with van der Waals surface area (Å²) < 4.78 is 0. The minimum absolute atomic E-state index is 0.307. The highest BCUT2D eigenvalue weighted by Gasteiger charge is 2.23. The first kappa shape index (κ1) is 67.3. The number of aliphatic hydroxyl groups is 3. The minimum Gasteiger partial charge on any atom is -0.394 e. The molecule has 5 heteroatoms. The Balaban J connectivity index is 3.45. The molecular formula is C63H127NO4. The summed E-state index contributed by atoms with van der Waals surface area (Å²) in [5, 5.41) is 33.7. The molecule has 0 aromatic heterocycles. The lowest BCUT2D eigenvalue weighted by Crippen LogP contribution is -2.49. The average molecular weight is 963 g/mol. The van der Waals surface area contributed by atoms with E-state index in [0.29, 0.717) is 12.8 Å². The average Bonchev–Trinajstić information content (AvgIpc) is 3.34. The SMILES string of the molecule is CCCCCCCCCCCCCCCCCCCCCCCCCCCCCCCC(O)C(=O)NC(CO)C(O)CCCCCCCCCCCCCCCCCCCCCCCCCCC. The summed E-state index contributed by atoms with van der Waals surface area (Å²) in [6.45, 7) is 4.29. The molecule has 408 valence electrons. The predicted molar refractivity (Wildman–Crippen MR) is 301 cm³/mol. The number of amides is 1. The third-order valence-corrected chi connectivity index (χ3v) is 15.5. The van der Waals surface area contributed by atoms with E-state index in [2.05, 4.69) is 19.2 Å². The van der Waals surface area contributed by atoms with E-state index < -0.39 is 24.2 Å². The highest BCUT2D eigenvalue weighted by molar-refractivity contribution is 5.80. The van der Waals surface area contributed by atoms with Crippen LogP contribution in [-0.2, 0) is 4.79 Å². The second kappa shape index (κ2) is 58.9. The number of rotatable bonds is 60. The zero-order chi connectivity index (χ0) is 49.3. The molecule has 0 aliphatic carbocycles. The maximum atomic E-state index is 12.6. The molecule has 0 saturated carbocycles. The molecule has 3 atom stereocenters. The van der Waals surface area contributed by atoms with E-state index in [-0.39, 0.29) is 6.61 Å². The summed E-state index contributed by atoms with van der Waals surface area (Å²) in [7, 11) is 0. The second-order valence-corrected chi connectivity index (χ2v) is 22.3. The fourth-order valence-electron chi connectivity index (χ4n) is 10.6. The van der Waals surface area contributed by atoms with Crippen molar-refractivity contribution in [3.05, 3.63) is 0 Å². The first-order valence-corrected chi connectivity index (χ1v) is 31.8. The molecule has 0 aromatic carbocycles. The van der Waals surface area contributed by atoms with Crippen LogP contribution in [-0.4, -0.2) is 46.1 Å². The van der Waals surface area contributed by atoms with Crippen molar-refractivity contribution in [3.8, 4) is 0 Å². The highest BCUT2D eigenvalue weighted by Crippen LogP contribution is 2.19. The van der Waals surface area contributed by atoms with Crippen molar-refractivity contribution in [2.75, 3.05) is 6.61 Å². The summed E-state index contributed by atoms with van der Waals surface area (Å²) in [5.41, 5.74) is 0. The van der Waals surface area contributed by atoms with E-state index in [9.17, 15) is 20.1 Å². The van der Waals surface area contributed by atoms with Gasteiger partial charge in [-0.25, -0.2) is 0 Å². The third kappa shape index (κ3) is 53.2. The van der Waals surface area contributed by atoms with E-state index >= 15 is 0 Å². The zero-order valence-corrected chi connectivity index (χ0v) is 46.8. The Morgan fingerprint density at radius 2 is 0.471 bits per heavy atom. The van der Waals surface area contributed by atoms with Crippen LogP contribution in [0.15, 0.2) is 0 Å².